The van der Waals surface area contributed by atoms with Gasteiger partial charge in [0.1, 0.15) is 6.61 Å². The highest BCUT2D eigenvalue weighted by Crippen LogP contribution is 2.31. The summed E-state index contributed by atoms with van der Waals surface area (Å²) in [7, 11) is 1.16. The molecule has 10 heteroatoms. The van der Waals surface area contributed by atoms with Crippen LogP contribution in [0.15, 0.2) is 5.11 Å². The lowest BCUT2D eigenvalue weighted by Crippen LogP contribution is -2.49. The average Bonchev–Trinajstić information content (AvgIpc) is 2.45. The van der Waals surface area contributed by atoms with Gasteiger partial charge in [0.25, 0.3) is 0 Å². The molecule has 2 atom stereocenters. The van der Waals surface area contributed by atoms with Crippen LogP contribution in [0.2, 0.25) is 0 Å². The van der Waals surface area contributed by atoms with E-state index in [0.717, 1.165) is 7.11 Å². The fourth-order valence-electron chi connectivity index (χ4n) is 2.02. The first-order chi connectivity index (χ1) is 9.82. The molecule has 0 saturated carbocycles. The normalized spacial score (nSPS) is 14.6. The lowest BCUT2D eigenvalue weighted by Gasteiger charge is -2.36. The molecule has 0 fully saturated rings. The number of aliphatic hydroxyl groups excluding tert-OH is 1. The third kappa shape index (κ3) is 5.78. The minimum absolute atomic E-state index is 0.235. The highest BCUT2D eigenvalue weighted by Gasteiger charge is 2.43. The Balaban J connectivity index is 5.60. The molecule has 0 aliphatic carbocycles. The molecule has 0 saturated heterocycles. The lowest BCUT2D eigenvalue weighted by atomic mass is 9.78. The SMILES string of the molecule is COC(CCC(=O)O)(CN=[N+]=[N-])C(CC(=O)O)C(=O)CO. The number of carbonyl (C=O) groups is 3. The number of ketones is 1. The molecule has 0 aromatic rings. The van der Waals surface area contributed by atoms with Crippen molar-refractivity contribution in [2.75, 3.05) is 20.3 Å². The number of aliphatic hydroxyl groups is 1. The number of rotatable bonds is 11. The van der Waals surface area contributed by atoms with Gasteiger partial charge in [0.05, 0.1) is 24.5 Å². The Morgan fingerprint density at radius 2 is 1.95 bits per heavy atom. The molecule has 10 nitrogen and oxygen atoms in total. The minimum atomic E-state index is -1.59. The van der Waals surface area contributed by atoms with E-state index in [1.165, 1.54) is 0 Å². The van der Waals surface area contributed by atoms with Crippen LogP contribution in [0.5, 0.6) is 0 Å². The number of carbonyl (C=O) groups excluding carboxylic acids is 1. The first-order valence-corrected chi connectivity index (χ1v) is 5.96. The number of Topliss-reactive ketones (excluding diaryl/α,β-unsaturated/α-hetero) is 1. The summed E-state index contributed by atoms with van der Waals surface area (Å²) < 4.78 is 5.15. The first kappa shape index (κ1) is 18.8. The molecule has 2 unspecified atom stereocenters. The fraction of sp³-hybridized carbons (Fsp3) is 0.727. The molecule has 21 heavy (non-hydrogen) atoms. The number of nitrogens with zero attached hydrogens (tertiary/aromatic N) is 3. The molecular weight excluding hydrogens is 286 g/mol. The van der Waals surface area contributed by atoms with Gasteiger partial charge in [-0.15, -0.1) is 0 Å². The van der Waals surface area contributed by atoms with Gasteiger partial charge in [-0.3, -0.25) is 14.4 Å². The van der Waals surface area contributed by atoms with E-state index < -0.39 is 55.2 Å². The number of carboxylic acids is 2. The molecule has 0 radical (unpaired) electrons. The van der Waals surface area contributed by atoms with E-state index in [2.05, 4.69) is 10.0 Å². The number of ether oxygens (including phenoxy) is 1. The van der Waals surface area contributed by atoms with E-state index in [0.29, 0.717) is 0 Å². The van der Waals surface area contributed by atoms with Gasteiger partial charge in [-0.2, -0.15) is 0 Å². The Morgan fingerprint density at radius 3 is 2.33 bits per heavy atom. The summed E-state index contributed by atoms with van der Waals surface area (Å²) in [6.45, 7) is -1.34. The van der Waals surface area contributed by atoms with Crippen LogP contribution in [-0.4, -0.2) is 58.9 Å². The van der Waals surface area contributed by atoms with E-state index in [4.69, 9.17) is 25.6 Å². The Morgan fingerprint density at radius 1 is 1.33 bits per heavy atom. The third-order valence-electron chi connectivity index (χ3n) is 3.13. The molecule has 0 amide bonds. The number of methoxy groups -OCH3 is 1. The minimum Gasteiger partial charge on any atom is -0.481 e. The predicted octanol–water partition coefficient (Wildman–Crippen LogP) is 0.199. The maximum atomic E-state index is 11.8. The van der Waals surface area contributed by atoms with Gasteiger partial charge in [-0.1, -0.05) is 5.11 Å². The van der Waals surface area contributed by atoms with Crippen molar-refractivity contribution in [3.05, 3.63) is 10.4 Å². The van der Waals surface area contributed by atoms with Gasteiger partial charge < -0.3 is 20.1 Å². The molecular formula is C11H17N3O7. The van der Waals surface area contributed by atoms with E-state index >= 15 is 0 Å². The quantitative estimate of drug-likeness (QED) is 0.278. The molecule has 0 aliphatic rings. The van der Waals surface area contributed by atoms with Gasteiger partial charge in [0, 0.05) is 18.4 Å². The van der Waals surface area contributed by atoms with Crippen molar-refractivity contribution < 1.29 is 34.4 Å². The highest BCUT2D eigenvalue weighted by molar-refractivity contribution is 5.87. The van der Waals surface area contributed by atoms with E-state index in [9.17, 15) is 14.4 Å². The fourth-order valence-corrected chi connectivity index (χ4v) is 2.02. The predicted molar refractivity (Wildman–Crippen MR) is 68.5 cm³/mol. The van der Waals surface area contributed by atoms with Crippen LogP contribution < -0.4 is 0 Å². The summed E-state index contributed by atoms with van der Waals surface area (Å²) in [5.41, 5.74) is 6.80. The van der Waals surface area contributed by atoms with Crippen LogP contribution >= 0.6 is 0 Å². The van der Waals surface area contributed by atoms with Crippen LogP contribution in [0, 0.1) is 5.92 Å². The molecule has 0 rings (SSSR count). The Hall–Kier alpha value is -2.16. The topological polar surface area (TPSA) is 170 Å². The number of hydrogen-bond donors (Lipinski definition) is 3. The van der Waals surface area contributed by atoms with Crippen molar-refractivity contribution >= 4 is 17.7 Å². The summed E-state index contributed by atoms with van der Waals surface area (Å²) in [5, 5.41) is 29.9. The molecule has 0 heterocycles. The van der Waals surface area contributed by atoms with Gasteiger partial charge in [-0.05, 0) is 12.0 Å². The molecule has 0 aromatic carbocycles. The van der Waals surface area contributed by atoms with Gasteiger partial charge in [0.15, 0.2) is 5.78 Å². The van der Waals surface area contributed by atoms with Crippen molar-refractivity contribution in [3.8, 4) is 0 Å². The summed E-state index contributed by atoms with van der Waals surface area (Å²) in [5.74, 6) is -4.64. The van der Waals surface area contributed by atoms with Crippen molar-refractivity contribution in [2.24, 2.45) is 11.0 Å². The lowest BCUT2D eigenvalue weighted by molar-refractivity contribution is -0.152. The van der Waals surface area contributed by atoms with Crippen LogP contribution in [-0.2, 0) is 19.1 Å². The average molecular weight is 303 g/mol. The van der Waals surface area contributed by atoms with Crippen LogP contribution in [0.3, 0.4) is 0 Å². The second kappa shape index (κ2) is 8.90. The number of azide groups is 1. The second-order valence-electron chi connectivity index (χ2n) is 4.33. The Labute approximate surface area is 120 Å². The number of hydrogen-bond acceptors (Lipinski definition) is 6. The van der Waals surface area contributed by atoms with Crippen molar-refractivity contribution in [3.63, 3.8) is 0 Å². The van der Waals surface area contributed by atoms with E-state index in [1.807, 2.05) is 0 Å². The largest absolute Gasteiger partial charge is 0.481 e. The van der Waals surface area contributed by atoms with Gasteiger partial charge in [-0.25, -0.2) is 0 Å². The van der Waals surface area contributed by atoms with Crippen molar-refractivity contribution in [1.29, 1.82) is 0 Å². The molecule has 0 aliphatic heterocycles. The van der Waals surface area contributed by atoms with E-state index in [1.54, 1.807) is 0 Å². The number of carboxylic acid groups (broad SMARTS) is 2. The Kier molecular flexibility index (Phi) is 7.99. The van der Waals surface area contributed by atoms with Gasteiger partial charge in [0.2, 0.25) is 0 Å². The zero-order valence-electron chi connectivity index (χ0n) is 11.4. The summed E-state index contributed by atoms with van der Waals surface area (Å²) >= 11 is 0. The molecule has 0 aromatic heterocycles. The zero-order valence-corrected chi connectivity index (χ0v) is 11.4. The molecule has 3 N–H and O–H groups in total. The maximum Gasteiger partial charge on any atom is 0.304 e. The monoisotopic (exact) mass is 303 g/mol. The van der Waals surface area contributed by atoms with Gasteiger partial charge >= 0.3 is 11.9 Å². The Bertz CT molecular complexity index is 447. The van der Waals surface area contributed by atoms with Crippen molar-refractivity contribution in [2.45, 2.75) is 24.9 Å². The second-order valence-corrected chi connectivity index (χ2v) is 4.33. The van der Waals surface area contributed by atoms with Crippen LogP contribution in [0.25, 0.3) is 10.4 Å². The van der Waals surface area contributed by atoms with Crippen LogP contribution in [0.1, 0.15) is 19.3 Å². The highest BCUT2D eigenvalue weighted by atomic mass is 16.5. The summed E-state index contributed by atoms with van der Waals surface area (Å²) in [6.07, 6.45) is -1.32. The molecule has 118 valence electrons. The van der Waals surface area contributed by atoms with E-state index in [-0.39, 0.29) is 6.42 Å². The zero-order chi connectivity index (χ0) is 16.5. The van der Waals surface area contributed by atoms with Crippen LogP contribution in [0.4, 0.5) is 0 Å². The summed E-state index contributed by atoms with van der Waals surface area (Å²) in [6, 6.07) is 0. The third-order valence-corrected chi connectivity index (χ3v) is 3.13. The number of aliphatic carboxylic acids is 2. The smallest absolute Gasteiger partial charge is 0.304 e. The summed E-state index contributed by atoms with van der Waals surface area (Å²) in [4.78, 5) is 35.9. The standard InChI is InChI=1S/C11H17N3O7/c1-21-11(6-13-14-12,3-2-9(17)18)7(4-10(19)20)8(16)5-15/h7,15H,2-6H2,1H3,(H,17,18)(H,19,20). The molecule has 0 bridgehead atoms. The first-order valence-electron chi connectivity index (χ1n) is 5.96. The van der Waals surface area contributed by atoms with Crippen molar-refractivity contribution in [1.82, 2.24) is 0 Å². The molecule has 0 spiro atoms. The maximum absolute atomic E-state index is 11.8.